The minimum absolute atomic E-state index is 0.166. The molecular weight excluding hydrogens is 244 g/mol. The highest BCUT2D eigenvalue weighted by atomic mass is 16.6. The van der Waals surface area contributed by atoms with E-state index < -0.39 is 17.2 Å². The molecule has 1 rings (SSSR count). The first-order chi connectivity index (χ1) is 8.50. The molecule has 0 heterocycles. The van der Waals surface area contributed by atoms with Crippen LogP contribution in [0, 0.1) is 5.92 Å². The molecule has 0 bridgehead atoms. The number of alkyl carbamates (subject to hydrolysis) is 1. The van der Waals surface area contributed by atoms with Gasteiger partial charge in [0.25, 0.3) is 0 Å². The van der Waals surface area contributed by atoms with Gasteiger partial charge in [-0.05, 0) is 47.5 Å². The van der Waals surface area contributed by atoms with E-state index in [9.17, 15) is 9.59 Å². The number of carbonyl (C=O) groups excluding carboxylic acids is 2. The second kappa shape index (κ2) is 5.39. The van der Waals surface area contributed by atoms with Crippen LogP contribution < -0.4 is 5.32 Å². The van der Waals surface area contributed by atoms with Crippen molar-refractivity contribution < 1.29 is 14.3 Å². The van der Waals surface area contributed by atoms with E-state index >= 15 is 0 Å². The lowest BCUT2D eigenvalue weighted by molar-refractivity contribution is -0.132. The van der Waals surface area contributed by atoms with Crippen LogP contribution in [0.5, 0.6) is 0 Å². The number of hydrogen-bond donors (Lipinski definition) is 1. The van der Waals surface area contributed by atoms with Gasteiger partial charge in [0.05, 0.1) is 5.54 Å². The molecule has 19 heavy (non-hydrogen) atoms. The third-order valence-electron chi connectivity index (χ3n) is 2.77. The second-order valence-electron chi connectivity index (χ2n) is 6.98. The topological polar surface area (TPSA) is 58.6 Å². The molecule has 1 aliphatic carbocycles. The lowest BCUT2D eigenvalue weighted by Gasteiger charge is -2.32. The molecule has 0 saturated heterocycles. The first-order valence-corrected chi connectivity index (χ1v) is 6.76. The zero-order valence-corrected chi connectivity index (χ0v) is 12.9. The molecule has 0 atom stereocenters. The lowest BCUT2D eigenvalue weighted by atomic mass is 10.1. The third-order valence-corrected chi connectivity index (χ3v) is 2.77. The molecule has 1 fully saturated rings. The van der Waals surface area contributed by atoms with E-state index in [2.05, 4.69) is 5.32 Å². The minimum Gasteiger partial charge on any atom is -0.444 e. The highest BCUT2D eigenvalue weighted by Gasteiger charge is 2.34. The van der Waals surface area contributed by atoms with E-state index in [-0.39, 0.29) is 11.8 Å². The van der Waals surface area contributed by atoms with Crippen LogP contribution in [0.2, 0.25) is 0 Å². The number of hydrogen-bond acceptors (Lipinski definition) is 3. The molecule has 1 aliphatic rings. The molecule has 0 spiro atoms. The Kier molecular flexibility index (Phi) is 4.48. The summed E-state index contributed by atoms with van der Waals surface area (Å²) in [6, 6.07) is 0. The number of nitrogens with one attached hydrogen (secondary N) is 1. The van der Waals surface area contributed by atoms with Crippen LogP contribution in [-0.4, -0.2) is 41.6 Å². The van der Waals surface area contributed by atoms with E-state index in [1.807, 2.05) is 34.6 Å². The maximum Gasteiger partial charge on any atom is 0.408 e. The van der Waals surface area contributed by atoms with Gasteiger partial charge in [-0.3, -0.25) is 4.79 Å². The molecule has 0 radical (unpaired) electrons. The summed E-state index contributed by atoms with van der Waals surface area (Å²) in [6.45, 7) is 9.70. The summed E-state index contributed by atoms with van der Waals surface area (Å²) in [5, 5.41) is 2.80. The van der Waals surface area contributed by atoms with E-state index in [0.717, 1.165) is 12.8 Å². The van der Waals surface area contributed by atoms with Crippen LogP contribution in [0.3, 0.4) is 0 Å². The smallest absolute Gasteiger partial charge is 0.408 e. The Morgan fingerprint density at radius 3 is 2.16 bits per heavy atom. The number of nitrogens with zero attached hydrogens (tertiary/aromatic N) is 1. The minimum atomic E-state index is -0.518. The molecule has 110 valence electrons. The van der Waals surface area contributed by atoms with E-state index in [0.29, 0.717) is 6.54 Å². The third kappa shape index (κ3) is 5.94. The fraction of sp³-hybridized carbons (Fsp3) is 0.857. The summed E-state index contributed by atoms with van der Waals surface area (Å²) >= 11 is 0. The standard InChI is InChI=1S/C14H26N2O3/c1-13(2,3)19-12(18)15-14(4,5)9-16(6)11(17)10-7-8-10/h10H,7-9H2,1-6H3,(H,15,18). The Morgan fingerprint density at radius 1 is 1.21 bits per heavy atom. The zero-order chi connectivity index (χ0) is 14.8. The van der Waals surface area contributed by atoms with Crippen molar-refractivity contribution in [1.82, 2.24) is 10.2 Å². The molecule has 1 N–H and O–H groups in total. The summed E-state index contributed by atoms with van der Waals surface area (Å²) in [5.74, 6) is 0.362. The van der Waals surface area contributed by atoms with Crippen molar-refractivity contribution >= 4 is 12.0 Å². The van der Waals surface area contributed by atoms with Crippen LogP contribution in [0.4, 0.5) is 4.79 Å². The summed E-state index contributed by atoms with van der Waals surface area (Å²) in [4.78, 5) is 25.3. The largest absolute Gasteiger partial charge is 0.444 e. The van der Waals surface area contributed by atoms with Gasteiger partial charge >= 0.3 is 6.09 Å². The first kappa shape index (κ1) is 15.8. The summed E-state index contributed by atoms with van der Waals surface area (Å²) < 4.78 is 5.22. The molecule has 5 heteroatoms. The van der Waals surface area contributed by atoms with Gasteiger partial charge in [0.15, 0.2) is 0 Å². The van der Waals surface area contributed by atoms with Crippen molar-refractivity contribution in [2.24, 2.45) is 5.92 Å². The number of likely N-dealkylation sites (N-methyl/N-ethyl adjacent to an activating group) is 1. The molecule has 0 aromatic carbocycles. The Hall–Kier alpha value is -1.26. The second-order valence-corrected chi connectivity index (χ2v) is 6.98. The van der Waals surface area contributed by atoms with Gasteiger partial charge in [0.2, 0.25) is 5.91 Å². The molecule has 2 amide bonds. The number of ether oxygens (including phenoxy) is 1. The molecular formula is C14H26N2O3. The average molecular weight is 270 g/mol. The molecule has 5 nitrogen and oxygen atoms in total. The highest BCUT2D eigenvalue weighted by molar-refractivity contribution is 5.81. The zero-order valence-electron chi connectivity index (χ0n) is 12.9. The molecule has 0 aromatic rings. The number of carbonyl (C=O) groups is 2. The molecule has 0 aliphatic heterocycles. The summed E-state index contributed by atoms with van der Waals surface area (Å²) in [5.41, 5.74) is -1.03. The van der Waals surface area contributed by atoms with Crippen molar-refractivity contribution in [2.45, 2.75) is 58.6 Å². The van der Waals surface area contributed by atoms with Gasteiger partial charge in [-0.1, -0.05) is 0 Å². The van der Waals surface area contributed by atoms with E-state index in [1.54, 1.807) is 11.9 Å². The highest BCUT2D eigenvalue weighted by Crippen LogP contribution is 2.30. The van der Waals surface area contributed by atoms with Crippen molar-refractivity contribution in [3.8, 4) is 0 Å². The normalized spacial score (nSPS) is 15.9. The predicted molar refractivity (Wildman–Crippen MR) is 73.8 cm³/mol. The van der Waals surface area contributed by atoms with Crippen molar-refractivity contribution in [3.05, 3.63) is 0 Å². The van der Waals surface area contributed by atoms with Gasteiger partial charge < -0.3 is 15.0 Å². The lowest BCUT2D eigenvalue weighted by Crippen LogP contribution is -2.53. The SMILES string of the molecule is CN(CC(C)(C)NC(=O)OC(C)(C)C)C(=O)C1CC1. The van der Waals surface area contributed by atoms with Crippen molar-refractivity contribution in [3.63, 3.8) is 0 Å². The van der Waals surface area contributed by atoms with Gasteiger partial charge in [0.1, 0.15) is 5.60 Å². The number of rotatable bonds is 4. The first-order valence-electron chi connectivity index (χ1n) is 6.76. The Balaban J connectivity index is 2.46. The van der Waals surface area contributed by atoms with Crippen molar-refractivity contribution in [1.29, 1.82) is 0 Å². The molecule has 1 saturated carbocycles. The fourth-order valence-corrected chi connectivity index (χ4v) is 1.93. The quantitative estimate of drug-likeness (QED) is 0.851. The number of amides is 2. The monoisotopic (exact) mass is 270 g/mol. The van der Waals surface area contributed by atoms with Gasteiger partial charge in [-0.25, -0.2) is 4.79 Å². The fourth-order valence-electron chi connectivity index (χ4n) is 1.93. The van der Waals surface area contributed by atoms with Gasteiger partial charge in [-0.15, -0.1) is 0 Å². The Morgan fingerprint density at radius 2 is 1.74 bits per heavy atom. The maximum absolute atomic E-state index is 11.9. The van der Waals surface area contributed by atoms with Gasteiger partial charge in [0, 0.05) is 19.5 Å². The van der Waals surface area contributed by atoms with Crippen molar-refractivity contribution in [2.75, 3.05) is 13.6 Å². The van der Waals surface area contributed by atoms with Crippen LogP contribution in [-0.2, 0) is 9.53 Å². The average Bonchev–Trinajstić information content (AvgIpc) is 2.93. The summed E-state index contributed by atoms with van der Waals surface area (Å²) in [6.07, 6.45) is 1.52. The molecule has 0 unspecified atom stereocenters. The van der Waals surface area contributed by atoms with E-state index in [4.69, 9.17) is 4.74 Å². The van der Waals surface area contributed by atoms with Crippen LogP contribution in [0.15, 0.2) is 0 Å². The van der Waals surface area contributed by atoms with Crippen LogP contribution in [0.1, 0.15) is 47.5 Å². The Labute approximate surface area is 115 Å². The van der Waals surface area contributed by atoms with Crippen LogP contribution in [0.25, 0.3) is 0 Å². The predicted octanol–water partition coefficient (Wildman–Crippen LogP) is 2.16. The Bertz CT molecular complexity index is 354. The summed E-state index contributed by atoms with van der Waals surface area (Å²) in [7, 11) is 1.78. The van der Waals surface area contributed by atoms with E-state index in [1.165, 1.54) is 0 Å². The maximum atomic E-state index is 11.9. The molecule has 0 aromatic heterocycles. The van der Waals surface area contributed by atoms with Crippen LogP contribution >= 0.6 is 0 Å². The van der Waals surface area contributed by atoms with Gasteiger partial charge in [-0.2, -0.15) is 0 Å².